The van der Waals surface area contributed by atoms with E-state index in [0.29, 0.717) is 6.61 Å². The van der Waals surface area contributed by atoms with E-state index in [1.54, 1.807) is 0 Å². The predicted molar refractivity (Wildman–Crippen MR) is 84.1 cm³/mol. The molecule has 0 aliphatic carbocycles. The number of nitrogens with zero attached hydrogens (tertiary/aromatic N) is 2. The summed E-state index contributed by atoms with van der Waals surface area (Å²) in [6, 6.07) is 16.1. The number of ether oxygens (including phenoxy) is 1. The highest BCUT2D eigenvalue weighted by Crippen LogP contribution is 2.21. The number of hydrogen-bond acceptors (Lipinski definition) is 3. The van der Waals surface area contributed by atoms with Gasteiger partial charge >= 0.3 is 0 Å². The summed E-state index contributed by atoms with van der Waals surface area (Å²) in [5, 5.41) is 5.66. The fourth-order valence-electron chi connectivity index (χ4n) is 2.43. The molecular formula is C17H19N3O. The van der Waals surface area contributed by atoms with Gasteiger partial charge in [-0.1, -0.05) is 30.3 Å². The molecule has 1 heterocycles. The number of fused-ring (bicyclic) bond motifs is 1. The van der Waals surface area contributed by atoms with Crippen molar-refractivity contribution in [2.24, 2.45) is 12.8 Å². The van der Waals surface area contributed by atoms with Gasteiger partial charge in [-0.3, -0.25) is 4.68 Å². The largest absolute Gasteiger partial charge is 0.487 e. The van der Waals surface area contributed by atoms with E-state index in [-0.39, 0.29) is 6.04 Å². The van der Waals surface area contributed by atoms with Gasteiger partial charge in [0.15, 0.2) is 0 Å². The van der Waals surface area contributed by atoms with Crippen LogP contribution in [0.3, 0.4) is 0 Å². The maximum absolute atomic E-state index is 5.90. The Kier molecular flexibility index (Phi) is 3.62. The van der Waals surface area contributed by atoms with Gasteiger partial charge in [0.25, 0.3) is 0 Å². The van der Waals surface area contributed by atoms with Crippen LogP contribution < -0.4 is 10.5 Å². The molecule has 0 radical (unpaired) electrons. The highest BCUT2D eigenvalue weighted by molar-refractivity contribution is 5.81. The van der Waals surface area contributed by atoms with Gasteiger partial charge in [-0.15, -0.1) is 0 Å². The predicted octanol–water partition coefficient (Wildman–Crippen LogP) is 3.17. The van der Waals surface area contributed by atoms with Crippen molar-refractivity contribution in [3.63, 3.8) is 0 Å². The third kappa shape index (κ3) is 2.76. The van der Waals surface area contributed by atoms with Crippen molar-refractivity contribution in [3.8, 4) is 5.75 Å². The van der Waals surface area contributed by atoms with E-state index in [2.05, 4.69) is 17.2 Å². The highest BCUT2D eigenvalue weighted by atomic mass is 16.5. The lowest BCUT2D eigenvalue weighted by Gasteiger charge is -2.09. The van der Waals surface area contributed by atoms with Crippen molar-refractivity contribution in [3.05, 3.63) is 59.8 Å². The van der Waals surface area contributed by atoms with Gasteiger partial charge in [0.2, 0.25) is 0 Å². The number of aryl methyl sites for hydroxylation is 1. The number of rotatable bonds is 4. The average Bonchev–Trinajstić information content (AvgIpc) is 2.82. The van der Waals surface area contributed by atoms with E-state index in [1.165, 1.54) is 0 Å². The second-order valence-electron chi connectivity index (χ2n) is 5.24. The Balaban J connectivity index is 1.82. The zero-order valence-corrected chi connectivity index (χ0v) is 12.3. The summed E-state index contributed by atoms with van der Waals surface area (Å²) in [5.41, 5.74) is 9.02. The molecule has 0 amide bonds. The first-order valence-electron chi connectivity index (χ1n) is 7.04. The lowest BCUT2D eigenvalue weighted by atomic mass is 10.1. The minimum absolute atomic E-state index is 0.00392. The third-order valence-electron chi connectivity index (χ3n) is 3.59. The van der Waals surface area contributed by atoms with Crippen LogP contribution in [0.5, 0.6) is 5.75 Å². The van der Waals surface area contributed by atoms with E-state index in [1.807, 2.05) is 55.1 Å². The average molecular weight is 281 g/mol. The Bertz CT molecular complexity index is 762. The van der Waals surface area contributed by atoms with Crippen LogP contribution in [0.15, 0.2) is 48.5 Å². The second kappa shape index (κ2) is 5.58. The lowest BCUT2D eigenvalue weighted by molar-refractivity contribution is 0.301. The molecule has 1 atom stereocenters. The molecule has 4 heteroatoms. The van der Waals surface area contributed by atoms with Gasteiger partial charge in [0.1, 0.15) is 18.1 Å². The summed E-state index contributed by atoms with van der Waals surface area (Å²) in [5.74, 6) is 0.819. The quantitative estimate of drug-likeness (QED) is 0.799. The highest BCUT2D eigenvalue weighted by Gasteiger charge is 2.09. The zero-order chi connectivity index (χ0) is 14.8. The molecule has 0 saturated carbocycles. The van der Waals surface area contributed by atoms with Gasteiger partial charge < -0.3 is 10.5 Å². The second-order valence-corrected chi connectivity index (χ2v) is 5.24. The van der Waals surface area contributed by atoms with E-state index in [0.717, 1.165) is 27.9 Å². The molecule has 0 bridgehead atoms. The van der Waals surface area contributed by atoms with Crippen LogP contribution in [0, 0.1) is 0 Å². The van der Waals surface area contributed by atoms with Gasteiger partial charge in [-0.2, -0.15) is 5.10 Å². The van der Waals surface area contributed by atoms with Gasteiger partial charge in [0.05, 0.1) is 5.52 Å². The van der Waals surface area contributed by atoms with Gasteiger partial charge in [-0.05, 0) is 30.7 Å². The standard InChI is InChI=1S/C17H19N3O/c1-12(18)13-6-5-7-14(10-13)21-11-16-15-8-3-4-9-17(15)20(2)19-16/h3-10,12H,11,18H2,1-2H3. The van der Waals surface area contributed by atoms with Crippen molar-refractivity contribution in [1.29, 1.82) is 0 Å². The summed E-state index contributed by atoms with van der Waals surface area (Å²) in [4.78, 5) is 0. The molecule has 0 aliphatic rings. The molecule has 4 nitrogen and oxygen atoms in total. The fraction of sp³-hybridized carbons (Fsp3) is 0.235. The monoisotopic (exact) mass is 281 g/mol. The third-order valence-corrected chi connectivity index (χ3v) is 3.59. The van der Waals surface area contributed by atoms with Crippen molar-refractivity contribution in [1.82, 2.24) is 9.78 Å². The number of para-hydroxylation sites is 1. The molecule has 0 aliphatic heterocycles. The number of benzene rings is 2. The van der Waals surface area contributed by atoms with Crippen LogP contribution in [-0.2, 0) is 13.7 Å². The minimum atomic E-state index is 0.00392. The molecule has 3 rings (SSSR count). The molecule has 3 aromatic rings. The lowest BCUT2D eigenvalue weighted by Crippen LogP contribution is -2.05. The van der Waals surface area contributed by atoms with Gasteiger partial charge in [-0.25, -0.2) is 0 Å². The van der Waals surface area contributed by atoms with Crippen LogP contribution in [0.1, 0.15) is 24.2 Å². The summed E-state index contributed by atoms with van der Waals surface area (Å²) >= 11 is 0. The number of aromatic nitrogens is 2. The zero-order valence-electron chi connectivity index (χ0n) is 12.3. The fourth-order valence-corrected chi connectivity index (χ4v) is 2.43. The molecular weight excluding hydrogens is 262 g/mol. The Hall–Kier alpha value is -2.33. The Morgan fingerprint density at radius 1 is 1.19 bits per heavy atom. The van der Waals surface area contributed by atoms with Crippen LogP contribution in [0.4, 0.5) is 0 Å². The summed E-state index contributed by atoms with van der Waals surface area (Å²) in [6.07, 6.45) is 0. The van der Waals surface area contributed by atoms with Crippen LogP contribution in [0.2, 0.25) is 0 Å². The first-order chi connectivity index (χ1) is 10.1. The SMILES string of the molecule is CC(N)c1cccc(OCc2nn(C)c3ccccc23)c1. The Morgan fingerprint density at radius 3 is 2.81 bits per heavy atom. The number of nitrogens with two attached hydrogens (primary N) is 1. The summed E-state index contributed by atoms with van der Waals surface area (Å²) < 4.78 is 7.75. The molecule has 21 heavy (non-hydrogen) atoms. The first kappa shape index (κ1) is 13.6. The van der Waals surface area contributed by atoms with Crippen LogP contribution in [0.25, 0.3) is 10.9 Å². The van der Waals surface area contributed by atoms with E-state index >= 15 is 0 Å². The normalized spacial score (nSPS) is 12.5. The van der Waals surface area contributed by atoms with Crippen LogP contribution in [-0.4, -0.2) is 9.78 Å². The van der Waals surface area contributed by atoms with E-state index in [9.17, 15) is 0 Å². The van der Waals surface area contributed by atoms with E-state index in [4.69, 9.17) is 10.5 Å². The molecule has 0 saturated heterocycles. The Labute approximate surface area is 124 Å². The molecule has 1 aromatic heterocycles. The van der Waals surface area contributed by atoms with Crippen molar-refractivity contribution >= 4 is 10.9 Å². The van der Waals surface area contributed by atoms with Crippen molar-refractivity contribution < 1.29 is 4.74 Å². The van der Waals surface area contributed by atoms with E-state index < -0.39 is 0 Å². The maximum Gasteiger partial charge on any atom is 0.133 e. The summed E-state index contributed by atoms with van der Waals surface area (Å²) in [6.45, 7) is 2.41. The topological polar surface area (TPSA) is 53.1 Å². The molecule has 0 spiro atoms. The van der Waals surface area contributed by atoms with Crippen molar-refractivity contribution in [2.45, 2.75) is 19.6 Å². The van der Waals surface area contributed by atoms with Crippen molar-refractivity contribution in [2.75, 3.05) is 0 Å². The molecule has 0 fully saturated rings. The molecule has 2 N–H and O–H groups in total. The molecule has 108 valence electrons. The van der Waals surface area contributed by atoms with Crippen LogP contribution >= 0.6 is 0 Å². The minimum Gasteiger partial charge on any atom is -0.487 e. The smallest absolute Gasteiger partial charge is 0.133 e. The summed E-state index contributed by atoms with van der Waals surface area (Å²) in [7, 11) is 1.95. The first-order valence-corrected chi connectivity index (χ1v) is 7.04. The number of hydrogen-bond donors (Lipinski definition) is 1. The molecule has 2 aromatic carbocycles. The molecule has 1 unspecified atom stereocenters. The van der Waals surface area contributed by atoms with Gasteiger partial charge in [0, 0.05) is 18.5 Å². The Morgan fingerprint density at radius 2 is 2.00 bits per heavy atom. The maximum atomic E-state index is 5.90.